The van der Waals surface area contributed by atoms with E-state index in [2.05, 4.69) is 0 Å². The van der Waals surface area contributed by atoms with Gasteiger partial charge in [-0.25, -0.2) is 4.79 Å². The van der Waals surface area contributed by atoms with Gasteiger partial charge in [-0.3, -0.25) is 4.90 Å². The number of rotatable bonds is 4. The van der Waals surface area contributed by atoms with Gasteiger partial charge in [-0.2, -0.15) is 0 Å². The Labute approximate surface area is 166 Å². The number of para-hydroxylation sites is 2. The van der Waals surface area contributed by atoms with Gasteiger partial charge in [-0.15, -0.1) is 0 Å². The van der Waals surface area contributed by atoms with Crippen LogP contribution in [0.2, 0.25) is 0 Å². The van der Waals surface area contributed by atoms with Gasteiger partial charge < -0.3 is 9.30 Å². The number of hydrogen-bond donors (Lipinski definition) is 0. The average Bonchev–Trinajstić information content (AvgIpc) is 3.01. The van der Waals surface area contributed by atoms with Crippen molar-refractivity contribution < 1.29 is 10.9 Å². The van der Waals surface area contributed by atoms with Gasteiger partial charge in [-0.05, 0) is 23.8 Å². The van der Waals surface area contributed by atoms with Crippen molar-refractivity contribution in [2.24, 2.45) is 7.05 Å². The molecule has 3 aromatic carbocycles. The molecule has 4 heteroatoms. The van der Waals surface area contributed by atoms with E-state index in [1.165, 1.54) is 0 Å². The molecule has 0 saturated carbocycles. The molecular formula is C24H22N2O2. The molecule has 1 aromatic heterocycles. The minimum Gasteiger partial charge on any atom is -0.410 e. The number of carbonyl (C=O) groups excluding carboxylic acids is 1. The number of benzene rings is 3. The highest BCUT2D eigenvalue weighted by molar-refractivity contribution is 5.85. The van der Waals surface area contributed by atoms with Crippen LogP contribution in [0.4, 0.5) is 4.79 Å². The zero-order valence-electron chi connectivity index (χ0n) is 16.9. The monoisotopic (exact) mass is 371 g/mol. The number of ether oxygens (including phenoxy) is 1. The fourth-order valence-corrected chi connectivity index (χ4v) is 3.49. The summed E-state index contributed by atoms with van der Waals surface area (Å²) < 4.78 is 16.2. The van der Waals surface area contributed by atoms with Crippen LogP contribution < -0.4 is 4.74 Å². The highest BCUT2D eigenvalue weighted by Crippen LogP contribution is 2.34. The molecule has 1 amide bonds. The highest BCUT2D eigenvalue weighted by Gasteiger charge is 2.27. The van der Waals surface area contributed by atoms with E-state index in [4.69, 9.17) is 6.11 Å². The van der Waals surface area contributed by atoms with Crippen molar-refractivity contribution in [2.45, 2.75) is 6.04 Å². The zero-order chi connectivity index (χ0) is 20.4. The van der Waals surface area contributed by atoms with Gasteiger partial charge in [0, 0.05) is 36.7 Å². The van der Waals surface area contributed by atoms with Crippen LogP contribution in [-0.4, -0.2) is 22.6 Å². The second-order valence-electron chi connectivity index (χ2n) is 6.71. The van der Waals surface area contributed by atoms with Crippen molar-refractivity contribution in [3.63, 3.8) is 0 Å². The number of hydrogen-bond acceptors (Lipinski definition) is 2. The van der Waals surface area contributed by atoms with Crippen LogP contribution in [-0.2, 0) is 7.05 Å². The van der Waals surface area contributed by atoms with Crippen LogP contribution >= 0.6 is 0 Å². The van der Waals surface area contributed by atoms with Crippen LogP contribution in [0.3, 0.4) is 0 Å². The highest BCUT2D eigenvalue weighted by atomic mass is 16.6. The summed E-state index contributed by atoms with van der Waals surface area (Å²) in [7, 11) is 3.59. The zero-order valence-corrected chi connectivity index (χ0v) is 15.9. The molecule has 1 heterocycles. The molecule has 0 aliphatic rings. The third-order valence-corrected chi connectivity index (χ3v) is 4.86. The third kappa shape index (κ3) is 3.37. The first-order valence-corrected chi connectivity index (χ1v) is 9.16. The first kappa shape index (κ1) is 16.6. The first-order valence-electron chi connectivity index (χ1n) is 9.66. The van der Waals surface area contributed by atoms with Crippen LogP contribution in [0.1, 0.15) is 18.5 Å². The molecule has 4 aromatic rings. The van der Waals surface area contributed by atoms with E-state index in [0.29, 0.717) is 11.9 Å². The van der Waals surface area contributed by atoms with E-state index in [9.17, 15) is 4.79 Å². The van der Waals surface area contributed by atoms with Crippen LogP contribution in [0.25, 0.3) is 10.9 Å². The van der Waals surface area contributed by atoms with Crippen molar-refractivity contribution >= 4 is 17.0 Å². The molecule has 1 unspecified atom stereocenters. The Morgan fingerprint density at radius 3 is 2.29 bits per heavy atom. The van der Waals surface area contributed by atoms with E-state index in [1.54, 1.807) is 24.1 Å². The number of nitrogens with zero attached hydrogens (tertiary/aromatic N) is 2. The Hall–Kier alpha value is -3.53. The summed E-state index contributed by atoms with van der Waals surface area (Å²) >= 11 is 0. The van der Waals surface area contributed by atoms with Crippen molar-refractivity contribution in [1.29, 1.82) is 0 Å². The lowest BCUT2D eigenvalue weighted by atomic mass is 9.97. The second kappa shape index (κ2) is 7.61. The Morgan fingerprint density at radius 1 is 0.964 bits per heavy atom. The van der Waals surface area contributed by atoms with Crippen molar-refractivity contribution in [1.82, 2.24) is 9.47 Å². The maximum absolute atomic E-state index is 13.0. The molecule has 0 aliphatic heterocycles. The number of amides is 1. The Balaban J connectivity index is 1.82. The number of carbonyl (C=O) groups is 1. The normalized spacial score (nSPS) is 12.4. The quantitative estimate of drug-likeness (QED) is 0.481. The third-order valence-electron chi connectivity index (χ3n) is 4.86. The van der Waals surface area contributed by atoms with Gasteiger partial charge in [0.1, 0.15) is 5.75 Å². The number of aryl methyl sites for hydroxylation is 1. The number of aromatic nitrogens is 1. The maximum atomic E-state index is 13.0. The molecule has 0 radical (unpaired) electrons. The lowest BCUT2D eigenvalue weighted by molar-refractivity contribution is 0.152. The molecule has 0 N–H and O–H groups in total. The lowest BCUT2D eigenvalue weighted by Gasteiger charge is -2.28. The molecule has 1 atom stereocenters. The molecule has 0 spiro atoms. The molecule has 0 aliphatic carbocycles. The van der Waals surface area contributed by atoms with Gasteiger partial charge in [0.25, 0.3) is 0 Å². The Kier molecular flexibility index (Phi) is 4.52. The summed E-state index contributed by atoms with van der Waals surface area (Å²) in [5, 5.41) is 0.952. The molecule has 0 bridgehead atoms. The molecular weight excluding hydrogens is 348 g/mol. The number of fused-ring (bicyclic) bond motifs is 1. The van der Waals surface area contributed by atoms with Gasteiger partial charge >= 0.3 is 6.09 Å². The van der Waals surface area contributed by atoms with Crippen molar-refractivity contribution in [3.05, 3.63) is 102 Å². The second-order valence-corrected chi connectivity index (χ2v) is 6.71. The fourth-order valence-electron chi connectivity index (χ4n) is 3.49. The largest absolute Gasteiger partial charge is 0.415 e. The maximum Gasteiger partial charge on any atom is 0.415 e. The average molecular weight is 371 g/mol. The first-order chi connectivity index (χ1) is 14.1. The van der Waals surface area contributed by atoms with Gasteiger partial charge in [0.2, 0.25) is 0 Å². The standard InChI is InChI=1S/C24H22N2O2/c1-25-17-21(20-15-9-10-16-22(20)25)23(18-11-5-3-6-12-18)26(2)24(27)28-19-13-7-4-8-14-19/h3-17,23H,1-2H3/i17D. The summed E-state index contributed by atoms with van der Waals surface area (Å²) in [5.41, 5.74) is 2.66. The van der Waals surface area contributed by atoms with Crippen molar-refractivity contribution in [2.75, 3.05) is 7.05 Å². The Bertz CT molecular complexity index is 1140. The minimum absolute atomic E-state index is 0.374. The van der Waals surface area contributed by atoms with E-state index in [1.807, 2.05) is 84.4 Å². The molecule has 28 heavy (non-hydrogen) atoms. The van der Waals surface area contributed by atoms with Crippen molar-refractivity contribution in [3.8, 4) is 5.75 Å². The predicted octanol–water partition coefficient (Wildman–Crippen LogP) is 5.40. The van der Waals surface area contributed by atoms with E-state index >= 15 is 0 Å². The van der Waals surface area contributed by atoms with Gasteiger partial charge in [0.05, 0.1) is 7.41 Å². The molecule has 140 valence electrons. The summed E-state index contributed by atoms with van der Waals surface area (Å²) in [6, 6.07) is 26.2. The summed E-state index contributed by atoms with van der Waals surface area (Å²) in [6.45, 7) is 0. The van der Waals surface area contributed by atoms with Crippen LogP contribution in [0.5, 0.6) is 5.75 Å². The van der Waals surface area contributed by atoms with Crippen LogP contribution in [0.15, 0.2) is 91.1 Å². The fraction of sp³-hybridized carbons (Fsp3) is 0.125. The van der Waals surface area contributed by atoms with E-state index in [-0.39, 0.29) is 0 Å². The SMILES string of the molecule is [2H]c1c(C(c2ccccc2)N(C)C(=O)Oc2ccccc2)c2ccccc2n1C. The predicted molar refractivity (Wildman–Crippen MR) is 111 cm³/mol. The smallest absolute Gasteiger partial charge is 0.410 e. The molecule has 4 rings (SSSR count). The summed E-state index contributed by atoms with van der Waals surface area (Å²) in [6.07, 6.45) is -0.100. The van der Waals surface area contributed by atoms with Gasteiger partial charge in [0.15, 0.2) is 0 Å². The molecule has 4 nitrogen and oxygen atoms in total. The summed E-state index contributed by atoms with van der Waals surface area (Å²) in [5.74, 6) is 0.486. The minimum atomic E-state index is -0.475. The van der Waals surface area contributed by atoms with Gasteiger partial charge in [-0.1, -0.05) is 66.7 Å². The van der Waals surface area contributed by atoms with E-state index < -0.39 is 12.1 Å². The Morgan fingerprint density at radius 2 is 1.57 bits per heavy atom. The molecule has 0 saturated heterocycles. The lowest BCUT2D eigenvalue weighted by Crippen LogP contribution is -2.34. The summed E-state index contributed by atoms with van der Waals surface area (Å²) in [4.78, 5) is 14.5. The van der Waals surface area contributed by atoms with Crippen LogP contribution in [0, 0.1) is 0 Å². The molecule has 0 fully saturated rings. The van der Waals surface area contributed by atoms with E-state index in [0.717, 1.165) is 22.0 Å². The topological polar surface area (TPSA) is 34.5 Å².